The van der Waals surface area contributed by atoms with Gasteiger partial charge in [0.25, 0.3) is 5.91 Å². The number of nitrogens with zero attached hydrogens (tertiary/aromatic N) is 2. The molecule has 1 aromatic carbocycles. The fourth-order valence-electron chi connectivity index (χ4n) is 2.56. The number of benzene rings is 1. The molecule has 1 aromatic rings. The number of hydrazone groups is 1. The minimum Gasteiger partial charge on any atom is -0.480 e. The van der Waals surface area contributed by atoms with Crippen molar-refractivity contribution in [3.05, 3.63) is 35.6 Å². The van der Waals surface area contributed by atoms with E-state index in [0.717, 1.165) is 11.4 Å². The highest BCUT2D eigenvalue weighted by Crippen LogP contribution is 2.14. The third-order valence-corrected chi connectivity index (χ3v) is 4.06. The van der Waals surface area contributed by atoms with E-state index >= 15 is 0 Å². The lowest BCUT2D eigenvalue weighted by molar-refractivity contribution is -0.141. The van der Waals surface area contributed by atoms with E-state index in [0.29, 0.717) is 18.4 Å². The lowest BCUT2D eigenvalue weighted by Crippen LogP contribution is -2.46. The van der Waals surface area contributed by atoms with Crippen LogP contribution in [0.25, 0.3) is 0 Å². The quantitative estimate of drug-likeness (QED) is 0.738. The molecule has 0 aliphatic carbocycles. The summed E-state index contributed by atoms with van der Waals surface area (Å²) in [4.78, 5) is 35.6. The van der Waals surface area contributed by atoms with Crippen LogP contribution in [0.5, 0.6) is 0 Å². The Morgan fingerprint density at radius 1 is 1.31 bits per heavy atom. The second-order valence-electron chi connectivity index (χ2n) is 6.13. The summed E-state index contributed by atoms with van der Waals surface area (Å²) < 4.78 is 13.0. The van der Waals surface area contributed by atoms with Gasteiger partial charge in [0.2, 0.25) is 5.91 Å². The Hall–Kier alpha value is -2.77. The lowest BCUT2D eigenvalue weighted by Gasteiger charge is -2.24. The van der Waals surface area contributed by atoms with E-state index in [4.69, 9.17) is 0 Å². The molecule has 7 nitrogen and oxygen atoms in total. The van der Waals surface area contributed by atoms with E-state index < -0.39 is 17.9 Å². The van der Waals surface area contributed by atoms with E-state index in [1.807, 2.05) is 6.92 Å². The van der Waals surface area contributed by atoms with Gasteiger partial charge in [-0.2, -0.15) is 5.10 Å². The molecular formula is C18H22FN3O4. The van der Waals surface area contributed by atoms with Gasteiger partial charge in [0, 0.05) is 12.8 Å². The van der Waals surface area contributed by atoms with Crippen LogP contribution in [-0.4, -0.2) is 39.7 Å². The number of rotatable bonds is 8. The zero-order valence-electron chi connectivity index (χ0n) is 14.6. The van der Waals surface area contributed by atoms with Gasteiger partial charge in [-0.05, 0) is 24.1 Å². The van der Waals surface area contributed by atoms with Crippen LogP contribution in [0.15, 0.2) is 29.4 Å². The Balaban J connectivity index is 2.07. The smallest absolute Gasteiger partial charge is 0.326 e. The number of aliphatic carboxylic acids is 1. The number of amides is 2. The van der Waals surface area contributed by atoms with Gasteiger partial charge in [-0.1, -0.05) is 31.9 Å². The van der Waals surface area contributed by atoms with E-state index in [9.17, 15) is 23.9 Å². The predicted octanol–water partition coefficient (Wildman–Crippen LogP) is 2.06. The van der Waals surface area contributed by atoms with Crippen molar-refractivity contribution in [3.63, 3.8) is 0 Å². The second kappa shape index (κ2) is 9.07. The highest BCUT2D eigenvalue weighted by molar-refractivity contribution is 6.39. The van der Waals surface area contributed by atoms with Crippen molar-refractivity contribution < 1.29 is 23.9 Å². The number of carboxylic acid groups (broad SMARTS) is 1. The average Bonchev–Trinajstić information content (AvgIpc) is 2.61. The van der Waals surface area contributed by atoms with Gasteiger partial charge in [0.1, 0.15) is 17.6 Å². The first kappa shape index (κ1) is 19.6. The summed E-state index contributed by atoms with van der Waals surface area (Å²) in [6.45, 7) is 2.05. The maximum atomic E-state index is 13.0. The molecule has 1 atom stereocenters. The van der Waals surface area contributed by atoms with Crippen LogP contribution in [0.3, 0.4) is 0 Å². The molecule has 2 N–H and O–H groups in total. The standard InChI is InChI=1S/C18H22FN3O4/c1-2-3-4-15(18(25)26)20-17(24)14-9-10-16(23)22(21-14)11-12-5-7-13(19)8-6-12/h5-8,15H,2-4,9-11H2,1H3,(H,20,24)(H,25,26). The normalized spacial score (nSPS) is 15.4. The number of hydrogen-bond donors (Lipinski definition) is 2. The number of nitrogens with one attached hydrogen (secondary N) is 1. The first-order valence-electron chi connectivity index (χ1n) is 8.56. The van der Waals surface area contributed by atoms with Crippen LogP contribution < -0.4 is 5.32 Å². The topological polar surface area (TPSA) is 99.1 Å². The van der Waals surface area contributed by atoms with Crippen LogP contribution in [0.2, 0.25) is 0 Å². The molecule has 0 radical (unpaired) electrons. The highest BCUT2D eigenvalue weighted by atomic mass is 19.1. The maximum Gasteiger partial charge on any atom is 0.326 e. The van der Waals surface area contributed by atoms with Crippen molar-refractivity contribution in [3.8, 4) is 0 Å². The molecule has 1 unspecified atom stereocenters. The average molecular weight is 363 g/mol. The third kappa shape index (κ3) is 5.37. The van der Waals surface area contributed by atoms with Crippen LogP contribution in [0, 0.1) is 5.82 Å². The molecule has 0 bridgehead atoms. The van der Waals surface area contributed by atoms with E-state index in [2.05, 4.69) is 10.4 Å². The minimum atomic E-state index is -1.09. The van der Waals surface area contributed by atoms with Crippen molar-refractivity contribution in [1.82, 2.24) is 10.3 Å². The molecular weight excluding hydrogens is 341 g/mol. The Labute approximate surface area is 150 Å². The monoisotopic (exact) mass is 363 g/mol. The molecule has 1 aliphatic heterocycles. The molecule has 2 amide bonds. The highest BCUT2D eigenvalue weighted by Gasteiger charge is 2.27. The summed E-state index contributed by atoms with van der Waals surface area (Å²) in [6, 6.07) is 4.67. The van der Waals surface area contributed by atoms with Crippen molar-refractivity contribution in [2.75, 3.05) is 0 Å². The molecule has 26 heavy (non-hydrogen) atoms. The lowest BCUT2D eigenvalue weighted by atomic mass is 10.1. The molecule has 140 valence electrons. The van der Waals surface area contributed by atoms with Crippen molar-refractivity contribution in [2.45, 2.75) is 51.6 Å². The second-order valence-corrected chi connectivity index (χ2v) is 6.13. The summed E-state index contributed by atoms with van der Waals surface area (Å²) in [6.07, 6.45) is 2.10. The van der Waals surface area contributed by atoms with Crippen LogP contribution in [-0.2, 0) is 20.9 Å². The van der Waals surface area contributed by atoms with E-state index in [1.165, 1.54) is 24.3 Å². The molecule has 1 aliphatic rings. The summed E-state index contributed by atoms with van der Waals surface area (Å²) in [7, 11) is 0. The number of carbonyl (C=O) groups excluding carboxylic acids is 2. The third-order valence-electron chi connectivity index (χ3n) is 4.06. The predicted molar refractivity (Wildman–Crippen MR) is 92.7 cm³/mol. The maximum absolute atomic E-state index is 13.0. The SMILES string of the molecule is CCCCC(NC(=O)C1=NN(Cc2ccc(F)cc2)C(=O)CC1)C(=O)O. The number of carboxylic acids is 1. The number of hydrogen-bond acceptors (Lipinski definition) is 4. The largest absolute Gasteiger partial charge is 0.480 e. The van der Waals surface area contributed by atoms with E-state index in [1.54, 1.807) is 0 Å². The van der Waals surface area contributed by atoms with Gasteiger partial charge in [0.05, 0.1) is 6.54 Å². The van der Waals surface area contributed by atoms with Crippen molar-refractivity contribution in [1.29, 1.82) is 0 Å². The molecule has 0 saturated heterocycles. The summed E-state index contributed by atoms with van der Waals surface area (Å²) in [5.74, 6) is -2.30. The Kier molecular flexibility index (Phi) is 6.82. The van der Waals surface area contributed by atoms with Gasteiger partial charge >= 0.3 is 5.97 Å². The summed E-state index contributed by atoms with van der Waals surface area (Å²) in [5.41, 5.74) is 0.797. The van der Waals surface area contributed by atoms with Crippen LogP contribution in [0.4, 0.5) is 4.39 Å². The molecule has 0 spiro atoms. The zero-order valence-corrected chi connectivity index (χ0v) is 14.6. The fraction of sp³-hybridized carbons (Fsp3) is 0.444. The van der Waals surface area contributed by atoms with Crippen molar-refractivity contribution in [2.24, 2.45) is 5.10 Å². The van der Waals surface area contributed by atoms with Gasteiger partial charge in [-0.15, -0.1) is 0 Å². The molecule has 2 rings (SSSR count). The Morgan fingerprint density at radius 2 is 2.00 bits per heavy atom. The number of unbranched alkanes of at least 4 members (excludes halogenated alkanes) is 1. The van der Waals surface area contributed by atoms with E-state index in [-0.39, 0.29) is 36.8 Å². The van der Waals surface area contributed by atoms with Gasteiger partial charge in [-0.25, -0.2) is 14.2 Å². The minimum absolute atomic E-state index is 0.111. The number of carbonyl (C=O) groups is 3. The number of halogens is 1. The molecule has 0 fully saturated rings. The zero-order chi connectivity index (χ0) is 19.1. The van der Waals surface area contributed by atoms with Crippen LogP contribution >= 0.6 is 0 Å². The van der Waals surface area contributed by atoms with Crippen LogP contribution in [0.1, 0.15) is 44.6 Å². The van der Waals surface area contributed by atoms with Gasteiger partial charge in [-0.3, -0.25) is 9.59 Å². The van der Waals surface area contributed by atoms with Gasteiger partial charge in [0.15, 0.2) is 0 Å². The van der Waals surface area contributed by atoms with Gasteiger partial charge < -0.3 is 10.4 Å². The molecule has 1 heterocycles. The molecule has 0 aromatic heterocycles. The molecule has 0 saturated carbocycles. The van der Waals surface area contributed by atoms with Crippen molar-refractivity contribution >= 4 is 23.5 Å². The Morgan fingerprint density at radius 3 is 2.62 bits per heavy atom. The Bertz CT molecular complexity index is 703. The first-order chi connectivity index (χ1) is 12.4. The molecule has 8 heteroatoms. The summed E-state index contributed by atoms with van der Waals surface area (Å²) >= 11 is 0. The fourth-order valence-corrected chi connectivity index (χ4v) is 2.56. The summed E-state index contributed by atoms with van der Waals surface area (Å²) in [5, 5.41) is 16.9. The first-order valence-corrected chi connectivity index (χ1v) is 8.56.